The number of fused-ring (bicyclic) bond motifs is 1. The minimum atomic E-state index is -0.553. The summed E-state index contributed by atoms with van der Waals surface area (Å²) in [4.78, 5) is 33.5. The average molecular weight is 491 g/mol. The van der Waals surface area contributed by atoms with E-state index in [1.54, 1.807) is 53.0 Å². The molecule has 0 bridgehead atoms. The molecule has 7 nitrogen and oxygen atoms in total. The summed E-state index contributed by atoms with van der Waals surface area (Å²) in [6, 6.07) is 20.9. The molecule has 1 unspecified atom stereocenters. The molecule has 1 heterocycles. The van der Waals surface area contributed by atoms with Crippen LogP contribution in [0.3, 0.4) is 0 Å². The molecule has 1 atom stereocenters. The quantitative estimate of drug-likeness (QED) is 0.366. The van der Waals surface area contributed by atoms with Crippen molar-refractivity contribution < 1.29 is 9.53 Å². The predicted octanol–water partition coefficient (Wildman–Crippen LogP) is 5.59. The number of aryl methyl sites for hydroxylation is 1. The van der Waals surface area contributed by atoms with Gasteiger partial charge < -0.3 is 15.0 Å². The van der Waals surface area contributed by atoms with Crippen LogP contribution in [0.15, 0.2) is 77.6 Å². The second-order valence-corrected chi connectivity index (χ2v) is 8.70. The van der Waals surface area contributed by atoms with Gasteiger partial charge in [-0.1, -0.05) is 47.5 Å². The molecule has 35 heavy (non-hydrogen) atoms. The molecule has 0 radical (unpaired) electrons. The van der Waals surface area contributed by atoms with Crippen molar-refractivity contribution in [1.29, 1.82) is 0 Å². The highest BCUT2D eigenvalue weighted by Gasteiger charge is 2.27. The van der Waals surface area contributed by atoms with E-state index < -0.39 is 6.04 Å². The largest absolute Gasteiger partial charge is 0.383 e. The van der Waals surface area contributed by atoms with Crippen LogP contribution in [0.25, 0.3) is 16.6 Å². The molecule has 0 spiro atoms. The maximum atomic E-state index is 13.6. The van der Waals surface area contributed by atoms with Crippen molar-refractivity contribution in [2.45, 2.75) is 19.9 Å². The summed E-state index contributed by atoms with van der Waals surface area (Å²) < 4.78 is 6.85. The molecule has 1 N–H and O–H groups in total. The summed E-state index contributed by atoms with van der Waals surface area (Å²) in [5, 5.41) is 3.92. The van der Waals surface area contributed by atoms with Gasteiger partial charge in [0.2, 0.25) is 0 Å². The summed E-state index contributed by atoms with van der Waals surface area (Å²) in [7, 11) is 1.58. The molecule has 0 aliphatic rings. The van der Waals surface area contributed by atoms with Crippen LogP contribution in [0.1, 0.15) is 24.4 Å². The van der Waals surface area contributed by atoms with E-state index >= 15 is 0 Å². The summed E-state index contributed by atoms with van der Waals surface area (Å²) in [6.07, 6.45) is 0. The number of amides is 2. The van der Waals surface area contributed by atoms with Crippen molar-refractivity contribution in [1.82, 2.24) is 14.5 Å². The topological polar surface area (TPSA) is 76.5 Å². The Balaban J connectivity index is 1.82. The first-order valence-corrected chi connectivity index (χ1v) is 11.7. The zero-order valence-corrected chi connectivity index (χ0v) is 20.6. The van der Waals surface area contributed by atoms with Crippen molar-refractivity contribution in [3.63, 3.8) is 0 Å². The average Bonchev–Trinajstić information content (AvgIpc) is 2.85. The van der Waals surface area contributed by atoms with Gasteiger partial charge in [-0.05, 0) is 56.3 Å². The Morgan fingerprint density at radius 2 is 1.86 bits per heavy atom. The Labute approximate surface area is 208 Å². The van der Waals surface area contributed by atoms with Gasteiger partial charge in [-0.25, -0.2) is 9.78 Å². The van der Waals surface area contributed by atoms with E-state index in [1.165, 1.54) is 0 Å². The molecule has 0 saturated carbocycles. The lowest BCUT2D eigenvalue weighted by molar-refractivity contribution is 0.137. The zero-order valence-electron chi connectivity index (χ0n) is 19.9. The summed E-state index contributed by atoms with van der Waals surface area (Å²) >= 11 is 6.09. The lowest BCUT2D eigenvalue weighted by Gasteiger charge is -2.30. The zero-order chi connectivity index (χ0) is 24.9. The van der Waals surface area contributed by atoms with Crippen molar-refractivity contribution in [3.8, 4) is 5.69 Å². The fraction of sp³-hybridized carbons (Fsp3) is 0.222. The first-order valence-electron chi connectivity index (χ1n) is 11.3. The van der Waals surface area contributed by atoms with E-state index in [0.29, 0.717) is 46.3 Å². The summed E-state index contributed by atoms with van der Waals surface area (Å²) in [5.41, 5.74) is 2.71. The van der Waals surface area contributed by atoms with Gasteiger partial charge in [0, 0.05) is 24.4 Å². The summed E-state index contributed by atoms with van der Waals surface area (Å²) in [5.74, 6) is 0.454. The molecule has 4 rings (SSSR count). The molecule has 1 aromatic heterocycles. The lowest BCUT2D eigenvalue weighted by atomic mass is 10.1. The van der Waals surface area contributed by atoms with Gasteiger partial charge in [0.1, 0.15) is 5.82 Å². The number of urea groups is 1. The molecular formula is C27H27ClN4O3. The molecule has 4 aromatic rings. The Morgan fingerprint density at radius 3 is 2.57 bits per heavy atom. The molecular weight excluding hydrogens is 464 g/mol. The van der Waals surface area contributed by atoms with Crippen LogP contribution in [-0.2, 0) is 4.74 Å². The van der Waals surface area contributed by atoms with E-state index in [0.717, 1.165) is 5.56 Å². The third-order valence-corrected chi connectivity index (χ3v) is 6.04. The number of nitrogens with one attached hydrogen (secondary N) is 1. The first-order chi connectivity index (χ1) is 16.9. The molecule has 0 saturated heterocycles. The fourth-order valence-electron chi connectivity index (χ4n) is 3.94. The molecule has 0 aliphatic carbocycles. The Hall–Kier alpha value is -3.68. The van der Waals surface area contributed by atoms with E-state index in [2.05, 4.69) is 5.32 Å². The van der Waals surface area contributed by atoms with Gasteiger partial charge in [0.25, 0.3) is 5.56 Å². The number of methoxy groups -OCH3 is 1. The maximum Gasteiger partial charge on any atom is 0.322 e. The van der Waals surface area contributed by atoms with Crippen LogP contribution in [0.4, 0.5) is 10.5 Å². The minimum absolute atomic E-state index is 0.191. The molecule has 3 aromatic carbocycles. The SMILES string of the molecule is COCCN(C(=O)Nc1cccc(Cl)c1)C(C)c1nc2ccccc2c(=O)n1-c1ccc(C)cc1. The monoisotopic (exact) mass is 490 g/mol. The Kier molecular flexibility index (Phi) is 7.48. The van der Waals surface area contributed by atoms with Crippen LogP contribution < -0.4 is 10.9 Å². The highest BCUT2D eigenvalue weighted by Crippen LogP contribution is 2.24. The van der Waals surface area contributed by atoms with Crippen LogP contribution in [-0.4, -0.2) is 40.7 Å². The number of ether oxygens (including phenoxy) is 1. The van der Waals surface area contributed by atoms with Gasteiger partial charge in [0.05, 0.1) is 29.2 Å². The molecule has 0 fully saturated rings. The number of hydrogen-bond donors (Lipinski definition) is 1. The van der Waals surface area contributed by atoms with Crippen LogP contribution in [0.5, 0.6) is 0 Å². The number of carbonyl (C=O) groups is 1. The third-order valence-electron chi connectivity index (χ3n) is 5.81. The normalized spacial score (nSPS) is 11.9. The van der Waals surface area contributed by atoms with Gasteiger partial charge in [-0.3, -0.25) is 9.36 Å². The van der Waals surface area contributed by atoms with E-state index in [1.807, 2.05) is 50.2 Å². The molecule has 0 aliphatic heterocycles. The fourth-order valence-corrected chi connectivity index (χ4v) is 4.13. The number of halogens is 1. The van der Waals surface area contributed by atoms with Gasteiger partial charge in [0.15, 0.2) is 0 Å². The van der Waals surface area contributed by atoms with E-state index in [9.17, 15) is 9.59 Å². The third kappa shape index (κ3) is 5.37. The number of carbonyl (C=O) groups excluding carboxylic acids is 1. The van der Waals surface area contributed by atoms with Crippen molar-refractivity contribution >= 4 is 34.2 Å². The number of para-hydroxylation sites is 1. The number of rotatable bonds is 7. The predicted molar refractivity (Wildman–Crippen MR) is 140 cm³/mol. The van der Waals surface area contributed by atoms with E-state index in [-0.39, 0.29) is 11.6 Å². The van der Waals surface area contributed by atoms with Gasteiger partial charge in [-0.15, -0.1) is 0 Å². The van der Waals surface area contributed by atoms with Gasteiger partial charge >= 0.3 is 6.03 Å². The number of aromatic nitrogens is 2. The molecule has 2 amide bonds. The molecule has 8 heteroatoms. The number of nitrogens with zero attached hydrogens (tertiary/aromatic N) is 3. The standard InChI is InChI=1S/C27H27ClN4O3/c1-18-11-13-22(14-12-18)32-25(30-24-10-5-4-9-23(24)26(32)33)19(2)31(15-16-35-3)27(34)29-21-8-6-7-20(28)17-21/h4-14,17,19H,15-16H2,1-3H3,(H,29,34). The van der Waals surface area contributed by atoms with Crippen LogP contribution in [0, 0.1) is 6.92 Å². The summed E-state index contributed by atoms with van der Waals surface area (Å²) in [6.45, 7) is 4.45. The van der Waals surface area contributed by atoms with Crippen molar-refractivity contribution in [2.24, 2.45) is 0 Å². The number of hydrogen-bond acceptors (Lipinski definition) is 4. The second-order valence-electron chi connectivity index (χ2n) is 8.27. The highest BCUT2D eigenvalue weighted by molar-refractivity contribution is 6.30. The Bertz CT molecular complexity index is 1400. The highest BCUT2D eigenvalue weighted by atomic mass is 35.5. The smallest absolute Gasteiger partial charge is 0.322 e. The Morgan fingerprint density at radius 1 is 1.11 bits per heavy atom. The van der Waals surface area contributed by atoms with Crippen molar-refractivity contribution in [3.05, 3.63) is 99.6 Å². The lowest BCUT2D eigenvalue weighted by Crippen LogP contribution is -2.41. The van der Waals surface area contributed by atoms with Gasteiger partial charge in [-0.2, -0.15) is 0 Å². The van der Waals surface area contributed by atoms with E-state index in [4.69, 9.17) is 21.3 Å². The van der Waals surface area contributed by atoms with Crippen LogP contribution >= 0.6 is 11.6 Å². The maximum absolute atomic E-state index is 13.6. The second kappa shape index (κ2) is 10.7. The number of anilines is 1. The number of benzene rings is 3. The first kappa shape index (κ1) is 24.4. The van der Waals surface area contributed by atoms with Crippen molar-refractivity contribution in [2.75, 3.05) is 25.6 Å². The van der Waals surface area contributed by atoms with Crippen LogP contribution in [0.2, 0.25) is 5.02 Å². The molecule has 180 valence electrons. The minimum Gasteiger partial charge on any atom is -0.383 e.